The van der Waals surface area contributed by atoms with Crippen LogP contribution in [0.25, 0.3) is 0 Å². The molecule has 3 atom stereocenters. The third-order valence-corrected chi connectivity index (χ3v) is 4.36. The zero-order valence-corrected chi connectivity index (χ0v) is 11.6. The van der Waals surface area contributed by atoms with Crippen molar-refractivity contribution in [3.8, 4) is 0 Å². The van der Waals surface area contributed by atoms with Crippen molar-refractivity contribution in [2.45, 2.75) is 45.3 Å². The fourth-order valence-electron chi connectivity index (χ4n) is 2.63. The molecule has 0 aliphatic carbocycles. The zero-order chi connectivity index (χ0) is 12.1. The molecule has 0 aromatic carbocycles. The number of hydrogen-bond donors (Lipinski definition) is 1. The largest absolute Gasteiger partial charge is 0.376 e. The maximum Gasteiger partial charge on any atom is 0.0754 e. The number of thiophene rings is 1. The Morgan fingerprint density at radius 2 is 2.47 bits per heavy atom. The van der Waals surface area contributed by atoms with Gasteiger partial charge in [0.15, 0.2) is 0 Å². The van der Waals surface area contributed by atoms with E-state index in [1.807, 2.05) is 0 Å². The Balaban J connectivity index is 1.88. The van der Waals surface area contributed by atoms with Gasteiger partial charge >= 0.3 is 0 Å². The second-order valence-corrected chi connectivity index (χ2v) is 5.72. The van der Waals surface area contributed by atoms with Gasteiger partial charge in [-0.25, -0.2) is 0 Å². The maximum absolute atomic E-state index is 5.89. The lowest BCUT2D eigenvalue weighted by atomic mass is 9.93. The van der Waals surface area contributed by atoms with Crippen LogP contribution in [0.2, 0.25) is 0 Å². The SMILES string of the molecule is CCNC(CCc1ccsc1)C1OCCC1C. The Labute approximate surface area is 108 Å². The summed E-state index contributed by atoms with van der Waals surface area (Å²) >= 11 is 1.79. The fraction of sp³-hybridized carbons (Fsp3) is 0.714. The van der Waals surface area contributed by atoms with E-state index in [-0.39, 0.29) is 0 Å². The highest BCUT2D eigenvalue weighted by Gasteiger charge is 2.31. The van der Waals surface area contributed by atoms with Gasteiger partial charge in [-0.05, 0) is 54.1 Å². The molecule has 96 valence electrons. The summed E-state index contributed by atoms with van der Waals surface area (Å²) in [6.07, 6.45) is 3.96. The molecule has 1 N–H and O–H groups in total. The van der Waals surface area contributed by atoms with Crippen LogP contribution in [0.5, 0.6) is 0 Å². The van der Waals surface area contributed by atoms with Crippen LogP contribution in [0.1, 0.15) is 32.3 Å². The van der Waals surface area contributed by atoms with E-state index in [1.165, 1.54) is 18.4 Å². The van der Waals surface area contributed by atoms with Crippen molar-refractivity contribution in [1.82, 2.24) is 5.32 Å². The summed E-state index contributed by atoms with van der Waals surface area (Å²) in [5, 5.41) is 8.01. The first-order valence-electron chi connectivity index (χ1n) is 6.67. The van der Waals surface area contributed by atoms with Crippen molar-refractivity contribution in [2.75, 3.05) is 13.2 Å². The lowest BCUT2D eigenvalue weighted by Gasteiger charge is -2.26. The number of rotatable bonds is 6. The summed E-state index contributed by atoms with van der Waals surface area (Å²) in [6, 6.07) is 2.74. The summed E-state index contributed by atoms with van der Waals surface area (Å²) in [5.74, 6) is 0.696. The average Bonchev–Trinajstić information content (AvgIpc) is 2.95. The van der Waals surface area contributed by atoms with Crippen LogP contribution in [-0.2, 0) is 11.2 Å². The Morgan fingerprint density at radius 1 is 1.59 bits per heavy atom. The van der Waals surface area contributed by atoms with Crippen LogP contribution in [0.15, 0.2) is 16.8 Å². The molecule has 0 radical (unpaired) electrons. The molecular weight excluding hydrogens is 230 g/mol. The average molecular weight is 253 g/mol. The summed E-state index contributed by atoms with van der Waals surface area (Å²) in [4.78, 5) is 0. The van der Waals surface area contributed by atoms with Crippen molar-refractivity contribution < 1.29 is 4.74 Å². The first kappa shape index (κ1) is 13.1. The molecule has 3 heteroatoms. The van der Waals surface area contributed by atoms with E-state index in [0.29, 0.717) is 18.1 Å². The van der Waals surface area contributed by atoms with Gasteiger partial charge < -0.3 is 10.1 Å². The van der Waals surface area contributed by atoms with Crippen molar-refractivity contribution in [3.63, 3.8) is 0 Å². The second-order valence-electron chi connectivity index (χ2n) is 4.94. The Hall–Kier alpha value is -0.380. The molecule has 2 heterocycles. The minimum absolute atomic E-state index is 0.411. The van der Waals surface area contributed by atoms with Crippen molar-refractivity contribution in [3.05, 3.63) is 22.4 Å². The van der Waals surface area contributed by atoms with Crippen LogP contribution >= 0.6 is 11.3 Å². The summed E-state index contributed by atoms with van der Waals surface area (Å²) in [5.41, 5.74) is 1.46. The van der Waals surface area contributed by atoms with Gasteiger partial charge in [0.25, 0.3) is 0 Å². The van der Waals surface area contributed by atoms with Gasteiger partial charge in [-0.15, -0.1) is 0 Å². The molecule has 0 saturated carbocycles. The van der Waals surface area contributed by atoms with Crippen molar-refractivity contribution in [1.29, 1.82) is 0 Å². The highest BCUT2D eigenvalue weighted by molar-refractivity contribution is 7.07. The standard InChI is InChI=1S/C14H23NOS/c1-3-15-13(14-11(2)6-8-16-14)5-4-12-7-9-17-10-12/h7,9-11,13-15H,3-6,8H2,1-2H3. The molecule has 1 aliphatic rings. The smallest absolute Gasteiger partial charge is 0.0754 e. The molecule has 1 aromatic heterocycles. The van der Waals surface area contributed by atoms with Crippen molar-refractivity contribution >= 4 is 11.3 Å². The molecule has 1 fully saturated rings. The van der Waals surface area contributed by atoms with Gasteiger partial charge in [-0.3, -0.25) is 0 Å². The number of likely N-dealkylation sites (N-methyl/N-ethyl adjacent to an activating group) is 1. The van der Waals surface area contributed by atoms with Crippen LogP contribution < -0.4 is 5.32 Å². The Morgan fingerprint density at radius 3 is 3.06 bits per heavy atom. The van der Waals surface area contributed by atoms with Gasteiger partial charge in [0, 0.05) is 12.6 Å². The van der Waals surface area contributed by atoms with Gasteiger partial charge in [0.2, 0.25) is 0 Å². The zero-order valence-electron chi connectivity index (χ0n) is 10.8. The Bertz CT molecular complexity index is 312. The summed E-state index contributed by atoms with van der Waals surface area (Å²) < 4.78 is 5.89. The molecule has 0 amide bonds. The quantitative estimate of drug-likeness (QED) is 0.841. The van der Waals surface area contributed by atoms with Crippen molar-refractivity contribution in [2.24, 2.45) is 5.92 Å². The van der Waals surface area contributed by atoms with Gasteiger partial charge in [-0.1, -0.05) is 13.8 Å². The van der Waals surface area contributed by atoms with Crippen LogP contribution in [0.4, 0.5) is 0 Å². The predicted octanol–water partition coefficient (Wildman–Crippen LogP) is 3.08. The van der Waals surface area contributed by atoms with E-state index in [1.54, 1.807) is 11.3 Å². The first-order chi connectivity index (χ1) is 8.31. The molecule has 0 bridgehead atoms. The third-order valence-electron chi connectivity index (χ3n) is 3.63. The van der Waals surface area contributed by atoms with E-state index in [2.05, 4.69) is 36.0 Å². The normalized spacial score (nSPS) is 26.2. The topological polar surface area (TPSA) is 21.3 Å². The van der Waals surface area contributed by atoms with E-state index in [9.17, 15) is 0 Å². The van der Waals surface area contributed by atoms with Gasteiger partial charge in [-0.2, -0.15) is 11.3 Å². The molecule has 1 aliphatic heterocycles. The molecule has 0 spiro atoms. The van der Waals surface area contributed by atoms with Crippen LogP contribution in [0, 0.1) is 5.92 Å². The van der Waals surface area contributed by atoms with E-state index in [4.69, 9.17) is 4.74 Å². The van der Waals surface area contributed by atoms with Gasteiger partial charge in [0.1, 0.15) is 0 Å². The second kappa shape index (κ2) is 6.53. The summed E-state index contributed by atoms with van der Waals surface area (Å²) in [7, 11) is 0. The highest BCUT2D eigenvalue weighted by atomic mass is 32.1. The molecular formula is C14H23NOS. The Kier molecular flexibility index (Phi) is 5.01. The lowest BCUT2D eigenvalue weighted by molar-refractivity contribution is 0.0589. The minimum atomic E-state index is 0.411. The van der Waals surface area contributed by atoms with Crippen LogP contribution in [0.3, 0.4) is 0 Å². The molecule has 2 rings (SSSR count). The fourth-order valence-corrected chi connectivity index (χ4v) is 3.34. The lowest BCUT2D eigenvalue weighted by Crippen LogP contribution is -2.42. The molecule has 1 aromatic rings. The number of hydrogen-bond acceptors (Lipinski definition) is 3. The summed E-state index contributed by atoms with van der Waals surface area (Å²) in [6.45, 7) is 6.46. The van der Waals surface area contributed by atoms with E-state index >= 15 is 0 Å². The van der Waals surface area contributed by atoms with Crippen LogP contribution in [-0.4, -0.2) is 25.3 Å². The van der Waals surface area contributed by atoms with Gasteiger partial charge in [0.05, 0.1) is 6.10 Å². The highest BCUT2D eigenvalue weighted by Crippen LogP contribution is 2.25. The van der Waals surface area contributed by atoms with E-state index < -0.39 is 0 Å². The van der Waals surface area contributed by atoms with E-state index in [0.717, 1.165) is 19.6 Å². The monoisotopic (exact) mass is 253 g/mol. The molecule has 17 heavy (non-hydrogen) atoms. The maximum atomic E-state index is 5.89. The number of nitrogens with one attached hydrogen (secondary N) is 1. The minimum Gasteiger partial charge on any atom is -0.376 e. The third kappa shape index (κ3) is 3.54. The molecule has 3 unspecified atom stereocenters. The number of ether oxygens (including phenoxy) is 1. The molecule has 2 nitrogen and oxygen atoms in total. The first-order valence-corrected chi connectivity index (χ1v) is 7.61. The number of aryl methyl sites for hydroxylation is 1. The predicted molar refractivity (Wildman–Crippen MR) is 73.6 cm³/mol. The molecule has 1 saturated heterocycles.